The molecular formula is C25H26N4O10S3. The summed E-state index contributed by atoms with van der Waals surface area (Å²) in [6.07, 6.45) is 3.17. The number of nitrogens with one attached hydrogen (secondary N) is 1. The fourth-order valence-corrected chi connectivity index (χ4v) is 7.85. The topological polar surface area (TPSA) is 193 Å². The average molecular weight is 639 g/mol. The summed E-state index contributed by atoms with van der Waals surface area (Å²) in [6.45, 7) is 1.32. The van der Waals surface area contributed by atoms with Crippen LogP contribution in [0.25, 0.3) is 10.2 Å². The lowest BCUT2D eigenvalue weighted by Crippen LogP contribution is -2.29. The molecule has 17 heteroatoms. The Labute approximate surface area is 247 Å². The number of rotatable bonds is 10. The Morgan fingerprint density at radius 3 is 2.57 bits per heavy atom. The third-order valence-corrected chi connectivity index (χ3v) is 9.84. The van der Waals surface area contributed by atoms with E-state index in [-0.39, 0.29) is 34.2 Å². The first-order chi connectivity index (χ1) is 19.9. The average Bonchev–Trinajstić information content (AvgIpc) is 3.44. The Balaban J connectivity index is 1.55. The molecule has 224 valence electrons. The molecular weight excluding hydrogens is 612 g/mol. The van der Waals surface area contributed by atoms with Crippen LogP contribution in [0.2, 0.25) is 0 Å². The van der Waals surface area contributed by atoms with Gasteiger partial charge in [-0.3, -0.25) is 24.5 Å². The van der Waals surface area contributed by atoms with Crippen LogP contribution in [0.3, 0.4) is 0 Å². The van der Waals surface area contributed by atoms with E-state index >= 15 is 0 Å². The number of thiazole rings is 1. The maximum absolute atomic E-state index is 12.8. The van der Waals surface area contributed by atoms with E-state index < -0.39 is 50.0 Å². The Bertz CT molecular complexity index is 1770. The molecule has 0 unspecified atom stereocenters. The van der Waals surface area contributed by atoms with Gasteiger partial charge in [0.05, 0.1) is 34.4 Å². The van der Waals surface area contributed by atoms with Gasteiger partial charge >= 0.3 is 11.9 Å². The van der Waals surface area contributed by atoms with Crippen LogP contribution in [0.5, 0.6) is 0 Å². The number of aromatic nitrogens is 1. The van der Waals surface area contributed by atoms with Crippen molar-refractivity contribution in [3.05, 3.63) is 49.1 Å². The highest BCUT2D eigenvalue weighted by Crippen LogP contribution is 2.38. The van der Waals surface area contributed by atoms with Gasteiger partial charge in [-0.05, 0) is 44.2 Å². The number of nitro benzene ring substituents is 1. The van der Waals surface area contributed by atoms with E-state index in [0.717, 1.165) is 41.0 Å². The largest absolute Gasteiger partial charge is 0.465 e. The number of thiophene rings is 1. The molecule has 2 amide bonds. The number of sulfone groups is 1. The van der Waals surface area contributed by atoms with E-state index in [9.17, 15) is 37.7 Å². The van der Waals surface area contributed by atoms with E-state index in [0.29, 0.717) is 16.6 Å². The summed E-state index contributed by atoms with van der Waals surface area (Å²) in [6, 6.07) is 3.86. The molecule has 0 saturated heterocycles. The highest BCUT2D eigenvalue weighted by molar-refractivity contribution is 7.92. The molecule has 0 bridgehead atoms. The van der Waals surface area contributed by atoms with E-state index in [1.165, 1.54) is 41.2 Å². The number of anilines is 1. The molecule has 0 aliphatic heterocycles. The second-order valence-electron chi connectivity index (χ2n) is 9.18. The molecule has 0 atom stereocenters. The maximum Gasteiger partial charge on any atom is 0.341 e. The van der Waals surface area contributed by atoms with Crippen LogP contribution < -0.4 is 10.1 Å². The minimum absolute atomic E-state index is 0.0740. The summed E-state index contributed by atoms with van der Waals surface area (Å²) in [5.74, 6) is -5.49. The number of fused-ring (bicyclic) bond motifs is 2. The monoisotopic (exact) mass is 638 g/mol. The minimum atomic E-state index is -4.31. The van der Waals surface area contributed by atoms with Crippen LogP contribution in [-0.2, 0) is 53.1 Å². The second kappa shape index (κ2) is 12.9. The molecule has 14 nitrogen and oxygen atoms in total. The number of carbonyl (C=O) groups excluding carboxylic acids is 4. The highest BCUT2D eigenvalue weighted by atomic mass is 32.2. The summed E-state index contributed by atoms with van der Waals surface area (Å²) >= 11 is 2.05. The van der Waals surface area contributed by atoms with Crippen molar-refractivity contribution in [2.75, 3.05) is 30.5 Å². The van der Waals surface area contributed by atoms with E-state index in [1.807, 2.05) is 0 Å². The number of methoxy groups -OCH3 is 1. The third kappa shape index (κ3) is 7.08. The number of hydrogen-bond acceptors (Lipinski definition) is 12. The Morgan fingerprint density at radius 2 is 1.88 bits per heavy atom. The van der Waals surface area contributed by atoms with E-state index in [1.54, 1.807) is 6.92 Å². The standard InChI is InChI=1S/C25H26N4O10S3/c1-3-39-21(32)11-28-16-9-8-14(29(34)35)10-18(16)41-25(28)27-20(31)13-42(36,37)12-19(30)26-23-22(24(33)38-2)15-6-4-5-7-17(15)40-23/h8-10H,3-7,11-13H2,1-2H3,(H,26,30). The van der Waals surface area contributed by atoms with Crippen LogP contribution in [0, 0.1) is 10.1 Å². The molecule has 1 N–H and O–H groups in total. The van der Waals surface area contributed by atoms with Crippen molar-refractivity contribution in [2.45, 2.75) is 39.2 Å². The van der Waals surface area contributed by atoms with Crippen molar-refractivity contribution in [1.29, 1.82) is 0 Å². The zero-order valence-corrected chi connectivity index (χ0v) is 25.0. The lowest BCUT2D eigenvalue weighted by Gasteiger charge is -2.11. The third-order valence-electron chi connectivity index (χ3n) is 6.20. The summed E-state index contributed by atoms with van der Waals surface area (Å²) < 4.78 is 37.0. The van der Waals surface area contributed by atoms with Gasteiger partial charge in [0.15, 0.2) is 14.6 Å². The van der Waals surface area contributed by atoms with Crippen LogP contribution in [0.15, 0.2) is 23.2 Å². The molecule has 42 heavy (non-hydrogen) atoms. The van der Waals surface area contributed by atoms with Crippen molar-refractivity contribution >= 4 is 77.2 Å². The Morgan fingerprint density at radius 1 is 1.14 bits per heavy atom. The predicted octanol–water partition coefficient (Wildman–Crippen LogP) is 2.38. The molecule has 0 spiro atoms. The number of esters is 2. The van der Waals surface area contributed by atoms with Gasteiger partial charge in [0.1, 0.15) is 23.1 Å². The van der Waals surface area contributed by atoms with Crippen molar-refractivity contribution in [1.82, 2.24) is 4.57 Å². The first-order valence-corrected chi connectivity index (χ1v) is 16.1. The fraction of sp³-hybridized carbons (Fsp3) is 0.400. The normalized spacial score (nSPS) is 13.4. The molecule has 0 saturated carbocycles. The predicted molar refractivity (Wildman–Crippen MR) is 153 cm³/mol. The van der Waals surface area contributed by atoms with Gasteiger partial charge in [-0.1, -0.05) is 11.3 Å². The van der Waals surface area contributed by atoms with Crippen molar-refractivity contribution in [2.24, 2.45) is 4.99 Å². The number of carbonyl (C=O) groups is 4. The van der Waals surface area contributed by atoms with Crippen LogP contribution in [0.4, 0.5) is 10.7 Å². The second-order valence-corrected chi connectivity index (χ2v) is 13.4. The lowest BCUT2D eigenvalue weighted by molar-refractivity contribution is -0.384. The number of nitrogens with zero attached hydrogens (tertiary/aromatic N) is 3. The van der Waals surface area contributed by atoms with Crippen LogP contribution in [-0.4, -0.2) is 66.9 Å². The first-order valence-electron chi connectivity index (χ1n) is 12.7. The number of hydrogen-bond donors (Lipinski definition) is 1. The van der Waals surface area contributed by atoms with E-state index in [2.05, 4.69) is 10.3 Å². The quantitative estimate of drug-likeness (QED) is 0.196. The zero-order chi connectivity index (χ0) is 30.6. The SMILES string of the molecule is CCOC(=O)Cn1c(=NC(=O)CS(=O)(=O)CC(=O)Nc2sc3c(c2C(=O)OC)CCCC3)sc2cc([N+](=O)[O-])ccc21. The number of non-ortho nitro benzene ring substituents is 1. The molecule has 1 aliphatic carbocycles. The summed E-state index contributed by atoms with van der Waals surface area (Å²) in [7, 11) is -3.09. The van der Waals surface area contributed by atoms with Crippen LogP contribution >= 0.6 is 22.7 Å². The van der Waals surface area contributed by atoms with Crippen molar-refractivity contribution in [3.63, 3.8) is 0 Å². The molecule has 3 aromatic rings. The number of ether oxygens (including phenoxy) is 2. The van der Waals surface area contributed by atoms with Gasteiger partial charge in [0, 0.05) is 17.0 Å². The van der Waals surface area contributed by atoms with Gasteiger partial charge in [-0.2, -0.15) is 4.99 Å². The number of aryl methyl sites for hydroxylation is 1. The number of nitro groups is 1. The Hall–Kier alpha value is -3.96. The lowest BCUT2D eigenvalue weighted by atomic mass is 9.95. The van der Waals surface area contributed by atoms with Crippen molar-refractivity contribution in [3.8, 4) is 0 Å². The van der Waals surface area contributed by atoms with Gasteiger partial charge in [0.2, 0.25) is 5.91 Å². The molecule has 0 radical (unpaired) electrons. The smallest absolute Gasteiger partial charge is 0.341 e. The number of benzene rings is 1. The summed E-state index contributed by atoms with van der Waals surface area (Å²) in [4.78, 5) is 65.3. The summed E-state index contributed by atoms with van der Waals surface area (Å²) in [5, 5.41) is 13.9. The van der Waals surface area contributed by atoms with E-state index in [4.69, 9.17) is 9.47 Å². The van der Waals surface area contributed by atoms with Gasteiger partial charge in [-0.25, -0.2) is 13.2 Å². The molecule has 2 aromatic heterocycles. The maximum atomic E-state index is 12.8. The number of amides is 2. The summed E-state index contributed by atoms with van der Waals surface area (Å²) in [5.41, 5.74) is 1.13. The molecule has 1 aliphatic rings. The minimum Gasteiger partial charge on any atom is -0.465 e. The van der Waals surface area contributed by atoms with Crippen molar-refractivity contribution < 1.29 is 42.0 Å². The molecule has 0 fully saturated rings. The van der Waals surface area contributed by atoms with Gasteiger partial charge in [-0.15, -0.1) is 11.3 Å². The first kappa shape index (κ1) is 31.0. The van der Waals surface area contributed by atoms with Gasteiger partial charge < -0.3 is 19.4 Å². The molecule has 2 heterocycles. The Kier molecular flexibility index (Phi) is 9.53. The fourth-order valence-electron chi connectivity index (χ4n) is 4.46. The van der Waals surface area contributed by atoms with Gasteiger partial charge in [0.25, 0.3) is 11.6 Å². The highest BCUT2D eigenvalue weighted by Gasteiger charge is 2.28. The molecule has 4 rings (SSSR count). The molecule has 1 aromatic carbocycles. The zero-order valence-electron chi connectivity index (χ0n) is 22.5. The van der Waals surface area contributed by atoms with Crippen LogP contribution in [0.1, 0.15) is 40.6 Å².